The number of aliphatic hydroxyl groups is 1. The maximum Gasteiger partial charge on any atom is 0.165 e. The molecule has 0 aromatic rings. The van der Waals surface area contributed by atoms with E-state index in [0.717, 1.165) is 12.8 Å². The molecule has 1 aliphatic carbocycles. The van der Waals surface area contributed by atoms with E-state index < -0.39 is 17.1 Å². The van der Waals surface area contributed by atoms with Crippen LogP contribution in [-0.4, -0.2) is 55.1 Å². The van der Waals surface area contributed by atoms with E-state index in [1.165, 1.54) is 0 Å². The summed E-state index contributed by atoms with van der Waals surface area (Å²) in [6.45, 7) is 13.0. The van der Waals surface area contributed by atoms with Crippen LogP contribution < -0.4 is 0 Å². The molecule has 0 radical (unpaired) electrons. The first-order valence-corrected chi connectivity index (χ1v) is 9.92. The van der Waals surface area contributed by atoms with Gasteiger partial charge in [-0.1, -0.05) is 27.7 Å². The number of hydrogen-bond donors (Lipinski definition) is 1. The number of hydrogen-bond acceptors (Lipinski definition) is 5. The van der Waals surface area contributed by atoms with Crippen molar-refractivity contribution in [3.63, 3.8) is 0 Å². The van der Waals surface area contributed by atoms with Gasteiger partial charge in [-0.3, -0.25) is 0 Å². The fourth-order valence-corrected chi connectivity index (χ4v) is 7.61. The summed E-state index contributed by atoms with van der Waals surface area (Å²) in [5.41, 5.74) is -1.03. The highest BCUT2D eigenvalue weighted by molar-refractivity contribution is 5.33. The van der Waals surface area contributed by atoms with Crippen LogP contribution in [-0.2, 0) is 18.9 Å². The van der Waals surface area contributed by atoms with Crippen LogP contribution in [0.25, 0.3) is 0 Å². The van der Waals surface area contributed by atoms with Crippen molar-refractivity contribution in [2.45, 2.75) is 77.7 Å². The zero-order valence-electron chi connectivity index (χ0n) is 16.1. The van der Waals surface area contributed by atoms with Gasteiger partial charge in [-0.2, -0.15) is 0 Å². The molecular formula is C20H32O5. The van der Waals surface area contributed by atoms with Crippen molar-refractivity contribution in [3.05, 3.63) is 0 Å². The van der Waals surface area contributed by atoms with Gasteiger partial charge in [-0.25, -0.2) is 0 Å². The second-order valence-corrected chi connectivity index (χ2v) is 10.2. The molecule has 9 atom stereocenters. The average molecular weight is 352 g/mol. The fraction of sp³-hybridized carbons (Fsp3) is 1.00. The molecular weight excluding hydrogens is 320 g/mol. The highest BCUT2D eigenvalue weighted by atomic mass is 16.7. The van der Waals surface area contributed by atoms with Gasteiger partial charge in [-0.05, 0) is 31.1 Å². The summed E-state index contributed by atoms with van der Waals surface area (Å²) < 4.78 is 25.4. The van der Waals surface area contributed by atoms with Gasteiger partial charge >= 0.3 is 0 Å². The molecule has 4 heterocycles. The van der Waals surface area contributed by atoms with Crippen molar-refractivity contribution in [2.24, 2.45) is 28.1 Å². The summed E-state index contributed by atoms with van der Waals surface area (Å²) in [5, 5.41) is 11.7. The second kappa shape index (κ2) is 4.79. The molecule has 0 bridgehead atoms. The van der Waals surface area contributed by atoms with Crippen molar-refractivity contribution < 1.29 is 24.1 Å². The largest absolute Gasteiger partial charge is 0.390 e. The molecule has 0 amide bonds. The van der Waals surface area contributed by atoms with E-state index in [2.05, 4.69) is 27.7 Å². The maximum atomic E-state index is 11.7. The molecule has 25 heavy (non-hydrogen) atoms. The van der Waals surface area contributed by atoms with E-state index in [1.54, 1.807) is 0 Å². The van der Waals surface area contributed by atoms with Crippen LogP contribution in [0.3, 0.4) is 0 Å². The molecule has 5 aliphatic rings. The fourth-order valence-electron chi connectivity index (χ4n) is 7.61. The lowest BCUT2D eigenvalue weighted by Gasteiger charge is -2.51. The van der Waals surface area contributed by atoms with Crippen molar-refractivity contribution in [2.75, 3.05) is 19.8 Å². The third-order valence-corrected chi connectivity index (χ3v) is 8.43. The molecule has 5 fully saturated rings. The Balaban J connectivity index is 1.79. The SMILES string of the molecule is CC1OC[C@@H](C)C23COC4C[C@@H](C(C)(C)C)C5(CCOC5O2)C43[C@H]1O. The Morgan fingerprint density at radius 3 is 2.56 bits per heavy atom. The Morgan fingerprint density at radius 1 is 1.08 bits per heavy atom. The maximum absolute atomic E-state index is 11.7. The summed E-state index contributed by atoms with van der Waals surface area (Å²) in [4.78, 5) is 0. The second-order valence-electron chi connectivity index (χ2n) is 10.2. The first-order chi connectivity index (χ1) is 11.7. The van der Waals surface area contributed by atoms with Gasteiger partial charge in [0.05, 0.1) is 43.5 Å². The van der Waals surface area contributed by atoms with Gasteiger partial charge < -0.3 is 24.1 Å². The minimum Gasteiger partial charge on any atom is -0.390 e. The summed E-state index contributed by atoms with van der Waals surface area (Å²) in [7, 11) is 0. The van der Waals surface area contributed by atoms with E-state index >= 15 is 0 Å². The van der Waals surface area contributed by atoms with Gasteiger partial charge in [-0.15, -0.1) is 0 Å². The highest BCUT2D eigenvalue weighted by Crippen LogP contribution is 2.80. The molecule has 0 aromatic carbocycles. The van der Waals surface area contributed by atoms with E-state index in [-0.39, 0.29) is 35.2 Å². The molecule has 142 valence electrons. The smallest absolute Gasteiger partial charge is 0.165 e. The minimum atomic E-state index is -0.594. The lowest BCUT2D eigenvalue weighted by atomic mass is 9.49. The van der Waals surface area contributed by atoms with Gasteiger partial charge in [0.1, 0.15) is 5.60 Å². The topological polar surface area (TPSA) is 57.2 Å². The van der Waals surface area contributed by atoms with Gasteiger partial charge in [0.2, 0.25) is 0 Å². The van der Waals surface area contributed by atoms with E-state index in [0.29, 0.717) is 25.7 Å². The van der Waals surface area contributed by atoms with Crippen LogP contribution in [0, 0.1) is 28.1 Å². The van der Waals surface area contributed by atoms with E-state index in [1.807, 2.05) is 6.92 Å². The molecule has 5 rings (SSSR count). The number of rotatable bonds is 0. The quantitative estimate of drug-likeness (QED) is 0.725. The van der Waals surface area contributed by atoms with Crippen molar-refractivity contribution in [1.82, 2.24) is 0 Å². The summed E-state index contributed by atoms with van der Waals surface area (Å²) in [6.07, 6.45) is 0.900. The average Bonchev–Trinajstić information content (AvgIpc) is 3.19. The third kappa shape index (κ3) is 1.57. The zero-order chi connectivity index (χ0) is 17.8. The van der Waals surface area contributed by atoms with Crippen molar-refractivity contribution in [3.8, 4) is 0 Å². The molecule has 2 spiro atoms. The summed E-state index contributed by atoms with van der Waals surface area (Å²) in [6, 6.07) is 0. The van der Waals surface area contributed by atoms with Crippen molar-refractivity contribution in [1.29, 1.82) is 0 Å². The molecule has 1 N–H and O–H groups in total. The number of ether oxygens (including phenoxy) is 4. The number of aliphatic hydroxyl groups excluding tert-OH is 1. The van der Waals surface area contributed by atoms with Crippen LogP contribution in [0.5, 0.6) is 0 Å². The van der Waals surface area contributed by atoms with Crippen molar-refractivity contribution >= 4 is 0 Å². The lowest BCUT2D eigenvalue weighted by molar-refractivity contribution is -0.196. The third-order valence-electron chi connectivity index (χ3n) is 8.43. The van der Waals surface area contributed by atoms with Crippen LogP contribution >= 0.6 is 0 Å². The minimum absolute atomic E-state index is 0.0185. The van der Waals surface area contributed by atoms with Gasteiger partial charge in [0, 0.05) is 11.3 Å². The van der Waals surface area contributed by atoms with E-state index in [9.17, 15) is 5.11 Å². The molecule has 6 unspecified atom stereocenters. The summed E-state index contributed by atoms with van der Waals surface area (Å²) in [5.74, 6) is 0.564. The molecule has 1 saturated carbocycles. The first-order valence-electron chi connectivity index (χ1n) is 9.92. The lowest BCUT2D eigenvalue weighted by Crippen LogP contribution is -2.63. The Kier molecular flexibility index (Phi) is 3.25. The Hall–Kier alpha value is -0.200. The standard InChI is InChI=1S/C20H32O5/c1-11-9-23-12(2)15(21)20-14-8-13(17(3,4)5)18(20)6-7-22-16(18)25-19(11,20)10-24-14/h11-16,21H,6-10H2,1-5H3/t11-,12?,13+,14?,15+,16?,18?,19?,20?/m1/s1. The molecule has 5 heteroatoms. The monoisotopic (exact) mass is 352 g/mol. The molecule has 0 aromatic heterocycles. The predicted molar refractivity (Wildman–Crippen MR) is 90.9 cm³/mol. The first kappa shape index (κ1) is 16.9. The van der Waals surface area contributed by atoms with Crippen LogP contribution in [0.2, 0.25) is 0 Å². The van der Waals surface area contributed by atoms with E-state index in [4.69, 9.17) is 18.9 Å². The van der Waals surface area contributed by atoms with Gasteiger partial charge in [0.25, 0.3) is 0 Å². The predicted octanol–water partition coefficient (Wildman–Crippen LogP) is 2.36. The molecule has 4 saturated heterocycles. The van der Waals surface area contributed by atoms with Gasteiger partial charge in [0.15, 0.2) is 6.29 Å². The summed E-state index contributed by atoms with van der Waals surface area (Å²) >= 11 is 0. The molecule has 5 nitrogen and oxygen atoms in total. The molecule has 4 aliphatic heterocycles. The Bertz CT molecular complexity index is 587. The normalized spacial score (nSPS) is 60.2. The Morgan fingerprint density at radius 2 is 1.84 bits per heavy atom. The zero-order valence-corrected chi connectivity index (χ0v) is 16.1. The van der Waals surface area contributed by atoms with Crippen LogP contribution in [0.4, 0.5) is 0 Å². The van der Waals surface area contributed by atoms with Crippen LogP contribution in [0.1, 0.15) is 47.5 Å². The van der Waals surface area contributed by atoms with Crippen LogP contribution in [0.15, 0.2) is 0 Å². The Labute approximate surface area is 150 Å². The highest BCUT2D eigenvalue weighted by Gasteiger charge is 2.89.